The number of carbonyl (C=O) groups excluding carboxylic acids is 2. The van der Waals surface area contributed by atoms with Gasteiger partial charge in [-0.05, 0) is 109 Å². The number of methoxy groups -OCH3 is 2. The Balaban J connectivity index is 1.42. The Kier molecular flexibility index (Phi) is 7.36. The second kappa shape index (κ2) is 11.5. The molecule has 0 amide bonds. The van der Waals surface area contributed by atoms with Crippen LogP contribution in [0.5, 0.6) is 11.5 Å². The van der Waals surface area contributed by atoms with E-state index in [1.165, 1.54) is 0 Å². The number of carbonyl (C=O) groups is 2. The Morgan fingerprint density at radius 3 is 1.38 bits per heavy atom. The van der Waals surface area contributed by atoms with Crippen LogP contribution in [0.1, 0.15) is 56.8 Å². The predicted octanol–water partition coefficient (Wildman–Crippen LogP) is 7.49. The molecule has 4 aliphatic rings. The molecule has 1 fully saturated rings. The molecule has 0 aliphatic carbocycles. The number of hydrogen-bond acceptors (Lipinski definition) is 10. The van der Waals surface area contributed by atoms with Crippen LogP contribution in [0.4, 0.5) is 0 Å². The molecule has 0 radical (unpaired) electrons. The maximum atomic E-state index is 13.6. The van der Waals surface area contributed by atoms with Crippen molar-refractivity contribution in [3.05, 3.63) is 106 Å². The molecule has 4 aliphatic heterocycles. The second-order valence-corrected chi connectivity index (χ2v) is 14.2. The molecule has 4 heterocycles. The third-order valence-corrected chi connectivity index (χ3v) is 10.9. The van der Waals surface area contributed by atoms with Crippen molar-refractivity contribution in [3.8, 4) is 11.5 Å². The fourth-order valence-corrected chi connectivity index (χ4v) is 8.56. The molecular formula is C37H30O8S2. The van der Waals surface area contributed by atoms with Gasteiger partial charge in [0.15, 0.2) is 5.79 Å². The third-order valence-electron chi connectivity index (χ3n) is 8.61. The largest absolute Gasteiger partial charge is 0.497 e. The van der Waals surface area contributed by atoms with Crippen molar-refractivity contribution >= 4 is 46.6 Å². The van der Waals surface area contributed by atoms with Crippen molar-refractivity contribution in [3.63, 3.8) is 0 Å². The van der Waals surface area contributed by atoms with E-state index in [4.69, 9.17) is 28.4 Å². The number of fused-ring (bicyclic) bond motifs is 7. The molecule has 4 bridgehead atoms. The Labute approximate surface area is 280 Å². The number of rotatable bonds is 2. The molecule has 0 N–H and O–H groups in total. The highest BCUT2D eigenvalue weighted by Crippen LogP contribution is 2.55. The molecule has 0 unspecified atom stereocenters. The highest BCUT2D eigenvalue weighted by atomic mass is 32.2. The Morgan fingerprint density at radius 2 is 0.979 bits per heavy atom. The first-order chi connectivity index (χ1) is 22.7. The lowest BCUT2D eigenvalue weighted by atomic mass is 9.84. The van der Waals surface area contributed by atoms with Crippen LogP contribution >= 0.6 is 23.5 Å². The molecule has 4 aromatic carbocycles. The molecule has 8 nitrogen and oxygen atoms in total. The Hall–Kier alpha value is -4.22. The van der Waals surface area contributed by atoms with Gasteiger partial charge < -0.3 is 28.4 Å². The first kappa shape index (κ1) is 30.1. The minimum atomic E-state index is -0.931. The quantitative estimate of drug-likeness (QED) is 0.173. The van der Waals surface area contributed by atoms with Gasteiger partial charge in [-0.2, -0.15) is 0 Å². The second-order valence-electron chi connectivity index (χ2n) is 12.0. The van der Waals surface area contributed by atoms with E-state index in [0.717, 1.165) is 53.0 Å². The van der Waals surface area contributed by atoms with Gasteiger partial charge in [0, 0.05) is 30.7 Å². The highest BCUT2D eigenvalue weighted by Gasteiger charge is 2.43. The van der Waals surface area contributed by atoms with Gasteiger partial charge in [-0.25, -0.2) is 9.59 Å². The molecule has 8 rings (SSSR count). The topological polar surface area (TPSA) is 89.5 Å². The van der Waals surface area contributed by atoms with Gasteiger partial charge in [-0.1, -0.05) is 23.5 Å². The smallest absolute Gasteiger partial charge is 0.338 e. The van der Waals surface area contributed by atoms with Crippen LogP contribution in [0.3, 0.4) is 0 Å². The fraction of sp³-hybridized carbons (Fsp3) is 0.243. The first-order valence-corrected chi connectivity index (χ1v) is 16.8. The zero-order chi connectivity index (χ0) is 32.4. The SMILES string of the molecule is COc1ccc2c(c1)/C1=C3\c4cc(OC)ccc4Sc4ccc(cc43)C(=O)OC[C@@H]3OC(C)(C)O[C@H]3COC(=O)c3ccc(c1c3)S2. The molecule has 4 aromatic rings. The highest BCUT2D eigenvalue weighted by molar-refractivity contribution is 8.00. The van der Waals surface area contributed by atoms with Crippen LogP contribution in [0.2, 0.25) is 0 Å². The normalized spacial score (nSPS) is 22.3. The van der Waals surface area contributed by atoms with Crippen molar-refractivity contribution in [2.45, 2.75) is 51.4 Å². The van der Waals surface area contributed by atoms with Gasteiger partial charge in [0.25, 0.3) is 0 Å². The minimum absolute atomic E-state index is 0.0620. The molecule has 0 saturated carbocycles. The van der Waals surface area contributed by atoms with Gasteiger partial charge in [0.1, 0.15) is 36.9 Å². The number of esters is 2. The summed E-state index contributed by atoms with van der Waals surface area (Å²) in [5.41, 5.74) is 6.27. The van der Waals surface area contributed by atoms with E-state index < -0.39 is 29.9 Å². The summed E-state index contributed by atoms with van der Waals surface area (Å²) in [6, 6.07) is 23.4. The van der Waals surface area contributed by atoms with Crippen molar-refractivity contribution in [1.29, 1.82) is 0 Å². The van der Waals surface area contributed by atoms with Crippen LogP contribution < -0.4 is 9.47 Å². The van der Waals surface area contributed by atoms with Crippen molar-refractivity contribution in [2.75, 3.05) is 27.4 Å². The van der Waals surface area contributed by atoms with Crippen LogP contribution in [0.15, 0.2) is 92.4 Å². The summed E-state index contributed by atoms with van der Waals surface area (Å²) < 4.78 is 35.1. The van der Waals surface area contributed by atoms with Gasteiger partial charge >= 0.3 is 11.9 Å². The van der Waals surface area contributed by atoms with E-state index in [9.17, 15) is 9.59 Å². The van der Waals surface area contributed by atoms with Crippen LogP contribution in [-0.2, 0) is 18.9 Å². The third kappa shape index (κ3) is 5.29. The van der Waals surface area contributed by atoms with E-state index >= 15 is 0 Å². The van der Waals surface area contributed by atoms with Gasteiger partial charge in [0.2, 0.25) is 0 Å². The van der Waals surface area contributed by atoms with E-state index in [-0.39, 0.29) is 13.2 Å². The molecule has 238 valence electrons. The van der Waals surface area contributed by atoms with E-state index in [0.29, 0.717) is 22.6 Å². The lowest BCUT2D eigenvalue weighted by Gasteiger charge is -2.30. The summed E-state index contributed by atoms with van der Waals surface area (Å²) in [4.78, 5) is 31.3. The zero-order valence-electron chi connectivity index (χ0n) is 26.1. The van der Waals surface area contributed by atoms with E-state index in [1.54, 1.807) is 63.7 Å². The van der Waals surface area contributed by atoms with Crippen molar-refractivity contribution < 1.29 is 38.0 Å². The van der Waals surface area contributed by atoms with Gasteiger partial charge in [0.05, 0.1) is 25.3 Å². The lowest BCUT2D eigenvalue weighted by Crippen LogP contribution is -2.33. The first-order valence-electron chi connectivity index (χ1n) is 15.2. The molecular weight excluding hydrogens is 637 g/mol. The molecule has 10 heteroatoms. The summed E-state index contributed by atoms with van der Waals surface area (Å²) in [7, 11) is 3.29. The average Bonchev–Trinajstić information content (AvgIpc) is 3.39. The molecule has 0 spiro atoms. The maximum absolute atomic E-state index is 13.6. The lowest BCUT2D eigenvalue weighted by molar-refractivity contribution is -0.151. The summed E-state index contributed by atoms with van der Waals surface area (Å²) >= 11 is 3.26. The fourth-order valence-electron chi connectivity index (χ4n) is 6.46. The Morgan fingerprint density at radius 1 is 0.596 bits per heavy atom. The standard InChI is InChI=1S/C37H30O8S2/c1-37(2)44-27-17-42-35(38)19-5-9-29-23(13-19)33(25-15-21(40-3)7-11-31(25)46-29)34-24-14-20(36(39)43-18-28(27)45-37)6-10-30(24)47-32-12-8-22(41-4)16-26(32)34/h5-16,27-28H,17-18H2,1-4H3/b34-33-/t27-,28-/m0/s1. The maximum Gasteiger partial charge on any atom is 0.338 e. The summed E-state index contributed by atoms with van der Waals surface area (Å²) in [5, 5.41) is 0. The number of hydrogen-bond donors (Lipinski definition) is 0. The zero-order valence-corrected chi connectivity index (χ0v) is 27.7. The minimum Gasteiger partial charge on any atom is -0.497 e. The van der Waals surface area contributed by atoms with Crippen LogP contribution in [0.25, 0.3) is 11.1 Å². The van der Waals surface area contributed by atoms with Crippen molar-refractivity contribution in [1.82, 2.24) is 0 Å². The summed E-state index contributed by atoms with van der Waals surface area (Å²) in [5.74, 6) is -0.501. The number of cyclic esters (lactones) is 2. The summed E-state index contributed by atoms with van der Waals surface area (Å²) in [6.07, 6.45) is -1.23. The Bertz CT molecular complexity index is 1870. The van der Waals surface area contributed by atoms with E-state index in [1.807, 2.05) is 48.5 Å². The predicted molar refractivity (Wildman–Crippen MR) is 177 cm³/mol. The molecule has 0 aromatic heterocycles. The van der Waals surface area contributed by atoms with Crippen molar-refractivity contribution in [2.24, 2.45) is 0 Å². The number of ether oxygens (including phenoxy) is 6. The van der Waals surface area contributed by atoms with Gasteiger partial charge in [-0.15, -0.1) is 0 Å². The summed E-state index contributed by atoms with van der Waals surface area (Å²) in [6.45, 7) is 3.44. The van der Waals surface area contributed by atoms with Gasteiger partial charge in [-0.3, -0.25) is 0 Å². The molecule has 1 saturated heterocycles. The number of benzene rings is 4. The van der Waals surface area contributed by atoms with Crippen LogP contribution in [0, 0.1) is 0 Å². The van der Waals surface area contributed by atoms with Crippen LogP contribution in [-0.4, -0.2) is 57.4 Å². The average molecular weight is 667 g/mol. The molecule has 2 atom stereocenters. The van der Waals surface area contributed by atoms with E-state index in [2.05, 4.69) is 12.1 Å². The monoisotopic (exact) mass is 666 g/mol. The molecule has 47 heavy (non-hydrogen) atoms.